The number of aliphatic hydroxyl groups is 3. The van der Waals surface area contributed by atoms with Gasteiger partial charge in [-0.2, -0.15) is 0 Å². The molecule has 1 amide bonds. The molecule has 0 bridgehead atoms. The maximum absolute atomic E-state index is 12.5. The molecule has 5 heteroatoms. The van der Waals surface area contributed by atoms with E-state index in [0.29, 0.717) is 12.8 Å². The lowest BCUT2D eigenvalue weighted by Gasteiger charge is -2.26. The maximum atomic E-state index is 12.5. The molecule has 65 heavy (non-hydrogen) atoms. The van der Waals surface area contributed by atoms with Gasteiger partial charge in [-0.15, -0.1) is 0 Å². The van der Waals surface area contributed by atoms with Crippen molar-refractivity contribution in [2.24, 2.45) is 0 Å². The summed E-state index contributed by atoms with van der Waals surface area (Å²) in [4.78, 5) is 12.5. The van der Waals surface area contributed by atoms with E-state index in [1.807, 2.05) is 0 Å². The highest BCUT2D eigenvalue weighted by atomic mass is 16.3. The molecule has 0 saturated heterocycles. The van der Waals surface area contributed by atoms with Gasteiger partial charge in [-0.1, -0.05) is 262 Å². The van der Waals surface area contributed by atoms with Crippen LogP contribution in [0.1, 0.15) is 303 Å². The van der Waals surface area contributed by atoms with Crippen LogP contribution in [-0.2, 0) is 4.79 Å². The third-order valence-electron chi connectivity index (χ3n) is 13.4. The van der Waals surface area contributed by atoms with Gasteiger partial charge in [-0.05, 0) is 83.5 Å². The molecule has 0 saturated carbocycles. The van der Waals surface area contributed by atoms with Crippen molar-refractivity contribution in [1.29, 1.82) is 0 Å². The predicted molar refractivity (Wildman–Crippen MR) is 287 cm³/mol. The van der Waals surface area contributed by atoms with Gasteiger partial charge in [-0.25, -0.2) is 0 Å². The third-order valence-corrected chi connectivity index (χ3v) is 13.4. The standard InChI is InChI=1S/C60H113NO4/c1-3-5-7-9-11-13-15-17-19-21-23-25-26-27-28-29-30-31-32-33-34-35-37-39-41-43-45-47-49-51-53-55-59(64)61-57(56-62)60(65)58(63)54-52-50-48-46-44-42-40-38-36-24-22-20-18-16-14-12-10-8-6-4-2/h23,25,27-28,38,40,46,48,57-58,60,62-63,65H,3-22,24,26,29-37,39,41-45,47,49-56H2,1-2H3,(H,61,64)/b25-23-,28-27-,40-38+,48-46+. The summed E-state index contributed by atoms with van der Waals surface area (Å²) >= 11 is 0. The van der Waals surface area contributed by atoms with E-state index in [-0.39, 0.29) is 12.5 Å². The second-order valence-corrected chi connectivity index (χ2v) is 19.8. The number of rotatable bonds is 53. The molecular weight excluding hydrogens is 799 g/mol. The first-order valence-electron chi connectivity index (χ1n) is 28.9. The Bertz CT molecular complexity index is 1050. The Balaban J connectivity index is 3.57. The summed E-state index contributed by atoms with van der Waals surface area (Å²) in [6.07, 6.45) is 72.7. The summed E-state index contributed by atoms with van der Waals surface area (Å²) in [6.45, 7) is 4.19. The van der Waals surface area contributed by atoms with E-state index in [0.717, 1.165) is 51.4 Å². The van der Waals surface area contributed by atoms with Gasteiger partial charge in [-0.3, -0.25) is 4.79 Å². The molecule has 382 valence electrons. The number of hydrogen-bond donors (Lipinski definition) is 4. The monoisotopic (exact) mass is 912 g/mol. The van der Waals surface area contributed by atoms with Gasteiger partial charge < -0.3 is 20.6 Å². The average molecular weight is 913 g/mol. The highest BCUT2D eigenvalue weighted by Crippen LogP contribution is 2.17. The number of unbranched alkanes of at least 4 members (excludes halogenated alkanes) is 37. The van der Waals surface area contributed by atoms with Crippen molar-refractivity contribution in [3.8, 4) is 0 Å². The lowest BCUT2D eigenvalue weighted by Crippen LogP contribution is -2.50. The van der Waals surface area contributed by atoms with Crippen molar-refractivity contribution in [2.75, 3.05) is 6.61 Å². The van der Waals surface area contributed by atoms with E-state index in [1.165, 1.54) is 225 Å². The number of hydrogen-bond acceptors (Lipinski definition) is 4. The zero-order valence-electron chi connectivity index (χ0n) is 43.6. The number of nitrogens with one attached hydrogen (secondary N) is 1. The average Bonchev–Trinajstić information content (AvgIpc) is 3.31. The summed E-state index contributed by atoms with van der Waals surface area (Å²) in [5.41, 5.74) is 0. The first-order valence-corrected chi connectivity index (χ1v) is 28.9. The third kappa shape index (κ3) is 50.0. The molecule has 0 fully saturated rings. The van der Waals surface area contributed by atoms with Gasteiger partial charge in [0.15, 0.2) is 0 Å². The van der Waals surface area contributed by atoms with Gasteiger partial charge in [0.1, 0.15) is 6.10 Å². The van der Waals surface area contributed by atoms with E-state index in [2.05, 4.69) is 67.8 Å². The number of aliphatic hydroxyl groups excluding tert-OH is 3. The van der Waals surface area contributed by atoms with Crippen LogP contribution in [0, 0.1) is 0 Å². The zero-order valence-corrected chi connectivity index (χ0v) is 43.6. The van der Waals surface area contributed by atoms with Crippen molar-refractivity contribution in [2.45, 2.75) is 321 Å². The van der Waals surface area contributed by atoms with Crippen LogP contribution in [0.5, 0.6) is 0 Å². The summed E-state index contributed by atoms with van der Waals surface area (Å²) in [6, 6.07) is -0.834. The Labute approximate surface area is 406 Å². The van der Waals surface area contributed by atoms with Crippen LogP contribution in [0.2, 0.25) is 0 Å². The molecular formula is C60H113NO4. The summed E-state index contributed by atoms with van der Waals surface area (Å²) < 4.78 is 0. The van der Waals surface area contributed by atoms with E-state index < -0.39 is 18.2 Å². The van der Waals surface area contributed by atoms with Crippen LogP contribution < -0.4 is 5.32 Å². The van der Waals surface area contributed by atoms with Crippen LogP contribution >= 0.6 is 0 Å². The quantitative estimate of drug-likeness (QED) is 0.0361. The molecule has 4 N–H and O–H groups in total. The Morgan fingerprint density at radius 3 is 1.03 bits per heavy atom. The summed E-state index contributed by atoms with van der Waals surface area (Å²) in [7, 11) is 0. The lowest BCUT2D eigenvalue weighted by molar-refractivity contribution is -0.124. The van der Waals surface area contributed by atoms with E-state index >= 15 is 0 Å². The van der Waals surface area contributed by atoms with Crippen molar-refractivity contribution in [1.82, 2.24) is 5.32 Å². The molecule has 0 heterocycles. The van der Waals surface area contributed by atoms with Crippen molar-refractivity contribution < 1.29 is 20.1 Å². The Morgan fingerprint density at radius 2 is 0.677 bits per heavy atom. The van der Waals surface area contributed by atoms with E-state index in [9.17, 15) is 20.1 Å². The molecule has 0 aromatic heterocycles. The SMILES string of the molecule is CCCCCCCCCCC/C=C\C/C=C\CCCCCCCCCCCCCCCCCC(=O)NC(CO)C(O)C(O)CCC/C=C/CC/C=C/CCCCCCCCCCCCC. The number of carbonyl (C=O) groups is 1. The molecule has 0 aliphatic heterocycles. The zero-order chi connectivity index (χ0) is 47.2. The maximum Gasteiger partial charge on any atom is 0.220 e. The topological polar surface area (TPSA) is 89.8 Å². The second kappa shape index (κ2) is 54.9. The van der Waals surface area contributed by atoms with Gasteiger partial charge in [0.05, 0.1) is 18.8 Å². The predicted octanol–water partition coefficient (Wildman–Crippen LogP) is 18.0. The Hall–Kier alpha value is -1.69. The smallest absolute Gasteiger partial charge is 0.220 e. The number of allylic oxidation sites excluding steroid dienone is 8. The van der Waals surface area contributed by atoms with Crippen LogP contribution in [0.3, 0.4) is 0 Å². The fourth-order valence-electron chi connectivity index (χ4n) is 8.92. The van der Waals surface area contributed by atoms with Gasteiger partial charge >= 0.3 is 0 Å². The summed E-state index contributed by atoms with van der Waals surface area (Å²) in [5.74, 6) is -0.156. The number of amides is 1. The molecule has 3 unspecified atom stereocenters. The molecule has 3 atom stereocenters. The highest BCUT2D eigenvalue weighted by molar-refractivity contribution is 5.76. The molecule has 0 rings (SSSR count). The highest BCUT2D eigenvalue weighted by Gasteiger charge is 2.26. The number of carbonyl (C=O) groups excluding carboxylic acids is 1. The van der Waals surface area contributed by atoms with Gasteiger partial charge in [0.25, 0.3) is 0 Å². The first kappa shape index (κ1) is 63.3. The van der Waals surface area contributed by atoms with E-state index in [4.69, 9.17) is 0 Å². The molecule has 0 radical (unpaired) electrons. The fourth-order valence-corrected chi connectivity index (χ4v) is 8.92. The van der Waals surface area contributed by atoms with Crippen LogP contribution in [-0.4, -0.2) is 46.1 Å². The second-order valence-electron chi connectivity index (χ2n) is 19.8. The molecule has 0 aliphatic carbocycles. The largest absolute Gasteiger partial charge is 0.394 e. The van der Waals surface area contributed by atoms with Crippen molar-refractivity contribution in [3.63, 3.8) is 0 Å². The fraction of sp³-hybridized carbons (Fsp3) is 0.850. The molecule has 0 aromatic rings. The minimum Gasteiger partial charge on any atom is -0.394 e. The van der Waals surface area contributed by atoms with Crippen LogP contribution in [0.15, 0.2) is 48.6 Å². The molecule has 0 aliphatic rings. The normalized spacial score (nSPS) is 13.6. The molecule has 0 aromatic carbocycles. The first-order chi connectivity index (χ1) is 32.1. The Morgan fingerprint density at radius 1 is 0.385 bits per heavy atom. The van der Waals surface area contributed by atoms with Crippen molar-refractivity contribution >= 4 is 5.91 Å². The molecule has 0 spiro atoms. The Kier molecular flexibility index (Phi) is 53.5. The summed E-state index contributed by atoms with van der Waals surface area (Å²) in [5, 5.41) is 33.7. The van der Waals surface area contributed by atoms with Gasteiger partial charge in [0.2, 0.25) is 5.91 Å². The van der Waals surface area contributed by atoms with Crippen LogP contribution in [0.25, 0.3) is 0 Å². The van der Waals surface area contributed by atoms with E-state index in [1.54, 1.807) is 0 Å². The molecule has 5 nitrogen and oxygen atoms in total. The lowest BCUT2D eigenvalue weighted by atomic mass is 10.0. The van der Waals surface area contributed by atoms with Crippen molar-refractivity contribution in [3.05, 3.63) is 48.6 Å². The minimum absolute atomic E-state index is 0.156. The van der Waals surface area contributed by atoms with Crippen LogP contribution in [0.4, 0.5) is 0 Å². The van der Waals surface area contributed by atoms with Gasteiger partial charge in [0, 0.05) is 6.42 Å². The minimum atomic E-state index is -1.17.